The third kappa shape index (κ3) is 6.11. The summed E-state index contributed by atoms with van der Waals surface area (Å²) < 4.78 is 12.6. The molecular formula is C21H25N5O4S. The smallest absolute Gasteiger partial charge is 0.230 e. The van der Waals surface area contributed by atoms with Crippen molar-refractivity contribution < 1.29 is 18.7 Å². The molecule has 0 spiro atoms. The van der Waals surface area contributed by atoms with Gasteiger partial charge in [0.15, 0.2) is 5.16 Å². The Balaban J connectivity index is 1.65. The number of benzene rings is 1. The molecular weight excluding hydrogens is 418 g/mol. The summed E-state index contributed by atoms with van der Waals surface area (Å²) in [6.07, 6.45) is 2.11. The molecule has 10 heteroatoms. The maximum Gasteiger partial charge on any atom is 0.230 e. The van der Waals surface area contributed by atoms with Crippen molar-refractivity contribution in [1.29, 1.82) is 0 Å². The van der Waals surface area contributed by atoms with Crippen LogP contribution >= 0.6 is 11.8 Å². The summed E-state index contributed by atoms with van der Waals surface area (Å²) in [5.74, 6) is 1.66. The zero-order valence-corrected chi connectivity index (χ0v) is 18.2. The van der Waals surface area contributed by atoms with Gasteiger partial charge in [0, 0.05) is 18.4 Å². The lowest BCUT2D eigenvalue weighted by atomic mass is 10.1. The maximum absolute atomic E-state index is 12.5. The number of rotatable bonds is 11. The number of ether oxygens (including phenoxy) is 1. The molecule has 0 aliphatic rings. The van der Waals surface area contributed by atoms with Gasteiger partial charge in [-0.3, -0.25) is 14.2 Å². The Morgan fingerprint density at radius 3 is 2.77 bits per heavy atom. The molecule has 3 N–H and O–H groups in total. The number of thioether (sulfide) groups is 1. The van der Waals surface area contributed by atoms with Gasteiger partial charge in [-0.25, -0.2) is 0 Å². The van der Waals surface area contributed by atoms with Crippen molar-refractivity contribution in [3.8, 4) is 5.75 Å². The molecule has 0 aliphatic carbocycles. The van der Waals surface area contributed by atoms with Crippen molar-refractivity contribution in [2.45, 2.75) is 37.5 Å². The summed E-state index contributed by atoms with van der Waals surface area (Å²) in [7, 11) is 1.60. The molecule has 0 bridgehead atoms. The average molecular weight is 444 g/mol. The quantitative estimate of drug-likeness (QED) is 0.436. The van der Waals surface area contributed by atoms with Gasteiger partial charge >= 0.3 is 0 Å². The Kier molecular flexibility index (Phi) is 7.71. The van der Waals surface area contributed by atoms with E-state index in [0.717, 1.165) is 17.1 Å². The molecule has 3 rings (SSSR count). The monoisotopic (exact) mass is 443 g/mol. The van der Waals surface area contributed by atoms with E-state index in [-0.39, 0.29) is 24.1 Å². The van der Waals surface area contributed by atoms with Crippen LogP contribution in [0.5, 0.6) is 5.75 Å². The molecule has 0 fully saturated rings. The lowest BCUT2D eigenvalue weighted by Crippen LogP contribution is -2.28. The largest absolute Gasteiger partial charge is 0.496 e. The Morgan fingerprint density at radius 2 is 2.06 bits per heavy atom. The van der Waals surface area contributed by atoms with E-state index in [4.69, 9.17) is 14.9 Å². The fraction of sp³-hybridized carbons (Fsp3) is 0.333. The Morgan fingerprint density at radius 1 is 1.26 bits per heavy atom. The minimum atomic E-state index is -0.411. The minimum absolute atomic E-state index is 0.144. The zero-order valence-electron chi connectivity index (χ0n) is 17.4. The maximum atomic E-state index is 12.5. The van der Waals surface area contributed by atoms with Gasteiger partial charge in [-0.05, 0) is 25.1 Å². The van der Waals surface area contributed by atoms with E-state index in [1.54, 1.807) is 19.4 Å². The molecule has 2 amide bonds. The summed E-state index contributed by atoms with van der Waals surface area (Å²) in [5, 5.41) is 11.9. The van der Waals surface area contributed by atoms with Crippen molar-refractivity contribution in [1.82, 2.24) is 20.1 Å². The lowest BCUT2D eigenvalue weighted by Gasteiger charge is -2.17. The molecule has 1 unspecified atom stereocenters. The second-order valence-corrected chi connectivity index (χ2v) is 7.79. The third-order valence-electron chi connectivity index (χ3n) is 4.60. The first-order valence-electron chi connectivity index (χ1n) is 9.75. The molecule has 1 atom stereocenters. The van der Waals surface area contributed by atoms with Crippen LogP contribution in [0.1, 0.15) is 36.5 Å². The van der Waals surface area contributed by atoms with Crippen molar-refractivity contribution in [3.63, 3.8) is 0 Å². The highest BCUT2D eigenvalue weighted by atomic mass is 32.2. The number of nitrogens with zero attached hydrogens (tertiary/aromatic N) is 3. The molecule has 0 aliphatic heterocycles. The number of primary amides is 1. The predicted octanol–water partition coefficient (Wildman–Crippen LogP) is 2.32. The normalized spacial score (nSPS) is 11.8. The van der Waals surface area contributed by atoms with Gasteiger partial charge < -0.3 is 20.2 Å². The first-order valence-corrected chi connectivity index (χ1v) is 10.7. The third-order valence-corrected chi connectivity index (χ3v) is 5.56. The minimum Gasteiger partial charge on any atom is -0.496 e. The summed E-state index contributed by atoms with van der Waals surface area (Å²) in [4.78, 5) is 23.7. The number of carbonyl (C=O) groups excluding carboxylic acids is 2. The fourth-order valence-corrected chi connectivity index (χ4v) is 3.85. The van der Waals surface area contributed by atoms with Crippen LogP contribution in [0, 0.1) is 0 Å². The van der Waals surface area contributed by atoms with E-state index in [1.807, 2.05) is 41.8 Å². The fourth-order valence-electron chi connectivity index (χ4n) is 3.08. The van der Waals surface area contributed by atoms with Crippen LogP contribution in [0.2, 0.25) is 0 Å². The topological polar surface area (TPSA) is 125 Å². The van der Waals surface area contributed by atoms with E-state index in [1.165, 1.54) is 11.8 Å². The van der Waals surface area contributed by atoms with Gasteiger partial charge in [0.2, 0.25) is 11.8 Å². The average Bonchev–Trinajstić information content (AvgIpc) is 3.41. The number of nitrogens with one attached hydrogen (secondary N) is 1. The van der Waals surface area contributed by atoms with Crippen LogP contribution in [0.4, 0.5) is 0 Å². The van der Waals surface area contributed by atoms with Crippen LogP contribution in [-0.4, -0.2) is 39.4 Å². The van der Waals surface area contributed by atoms with E-state index in [9.17, 15) is 9.59 Å². The number of furan rings is 1. The molecule has 9 nitrogen and oxygen atoms in total. The predicted molar refractivity (Wildman–Crippen MR) is 116 cm³/mol. The molecule has 0 saturated heterocycles. The van der Waals surface area contributed by atoms with E-state index >= 15 is 0 Å². The van der Waals surface area contributed by atoms with Gasteiger partial charge in [0.05, 0.1) is 31.7 Å². The highest BCUT2D eigenvalue weighted by molar-refractivity contribution is 7.99. The highest BCUT2D eigenvalue weighted by Gasteiger charge is 2.18. The number of hydrogen-bond acceptors (Lipinski definition) is 7. The molecule has 0 saturated carbocycles. The summed E-state index contributed by atoms with van der Waals surface area (Å²) in [6.45, 7) is 2.30. The van der Waals surface area contributed by atoms with Gasteiger partial charge in [-0.2, -0.15) is 0 Å². The summed E-state index contributed by atoms with van der Waals surface area (Å²) in [5.41, 5.74) is 6.17. The highest BCUT2D eigenvalue weighted by Crippen LogP contribution is 2.25. The lowest BCUT2D eigenvalue weighted by molar-refractivity contribution is -0.119. The van der Waals surface area contributed by atoms with Crippen LogP contribution in [-0.2, 0) is 22.6 Å². The van der Waals surface area contributed by atoms with Crippen molar-refractivity contribution >= 4 is 23.6 Å². The molecule has 2 heterocycles. The van der Waals surface area contributed by atoms with Gasteiger partial charge in [-0.15, -0.1) is 10.2 Å². The summed E-state index contributed by atoms with van der Waals surface area (Å²) >= 11 is 1.27. The first kappa shape index (κ1) is 22.4. The molecule has 0 radical (unpaired) electrons. The first-order chi connectivity index (χ1) is 15.0. The van der Waals surface area contributed by atoms with E-state index in [0.29, 0.717) is 23.9 Å². The van der Waals surface area contributed by atoms with Crippen LogP contribution in [0.3, 0.4) is 0 Å². The number of carbonyl (C=O) groups is 2. The number of amides is 2. The van der Waals surface area contributed by atoms with E-state index in [2.05, 4.69) is 15.5 Å². The summed E-state index contributed by atoms with van der Waals surface area (Å²) in [6, 6.07) is 11.0. The zero-order chi connectivity index (χ0) is 22.2. The number of methoxy groups -OCH3 is 1. The second-order valence-electron chi connectivity index (χ2n) is 6.85. The molecule has 164 valence electrons. The van der Waals surface area contributed by atoms with Crippen molar-refractivity contribution in [2.75, 3.05) is 12.9 Å². The second kappa shape index (κ2) is 10.7. The number of hydrogen-bond donors (Lipinski definition) is 2. The van der Waals surface area contributed by atoms with Gasteiger partial charge in [0.1, 0.15) is 17.3 Å². The Hall–Kier alpha value is -3.27. The van der Waals surface area contributed by atoms with Gasteiger partial charge in [-0.1, -0.05) is 30.0 Å². The molecule has 1 aromatic carbocycles. The number of para-hydroxylation sites is 1. The van der Waals surface area contributed by atoms with Crippen molar-refractivity contribution in [2.24, 2.45) is 5.73 Å². The number of nitrogens with two attached hydrogens (primary N) is 1. The van der Waals surface area contributed by atoms with Gasteiger partial charge in [0.25, 0.3) is 0 Å². The molecule has 3 aromatic rings. The van der Waals surface area contributed by atoms with Crippen molar-refractivity contribution in [3.05, 3.63) is 59.8 Å². The SMILES string of the molecule is COc1ccccc1C(C)NC(=O)CSc1nnc(CCC(N)=O)n1Cc1ccco1. The van der Waals surface area contributed by atoms with Crippen LogP contribution < -0.4 is 15.8 Å². The molecule has 31 heavy (non-hydrogen) atoms. The van der Waals surface area contributed by atoms with Crippen LogP contribution in [0.25, 0.3) is 0 Å². The Labute approximate surface area is 184 Å². The molecule has 2 aromatic heterocycles. The van der Waals surface area contributed by atoms with Crippen LogP contribution in [0.15, 0.2) is 52.2 Å². The number of aryl methyl sites for hydroxylation is 1. The Bertz CT molecular complexity index is 1020. The van der Waals surface area contributed by atoms with E-state index < -0.39 is 5.91 Å². The standard InChI is InChI=1S/C21H25N5O4S/c1-14(16-7-3-4-8-17(16)29-2)23-20(28)13-31-21-25-24-19(10-9-18(22)27)26(21)12-15-6-5-11-30-15/h3-8,11,14H,9-10,12-13H2,1-2H3,(H2,22,27)(H,23,28). The number of aromatic nitrogens is 3.